The first kappa shape index (κ1) is 13.1. The summed E-state index contributed by atoms with van der Waals surface area (Å²) in [5.41, 5.74) is 2.06. The zero-order chi connectivity index (χ0) is 14.7. The molecular weight excluding hydrogens is 270 g/mol. The highest BCUT2D eigenvalue weighted by Crippen LogP contribution is 2.28. The number of nitrogens with one attached hydrogen (secondary N) is 2. The van der Waals surface area contributed by atoms with Crippen LogP contribution in [0.5, 0.6) is 5.75 Å². The summed E-state index contributed by atoms with van der Waals surface area (Å²) in [4.78, 5) is 27.1. The molecular formula is C15H13N3O3. The van der Waals surface area contributed by atoms with E-state index in [9.17, 15) is 9.59 Å². The zero-order valence-electron chi connectivity index (χ0n) is 11.1. The molecule has 106 valence electrons. The Morgan fingerprint density at radius 1 is 1.29 bits per heavy atom. The lowest BCUT2D eigenvalue weighted by Gasteiger charge is -2.18. The smallest absolute Gasteiger partial charge is 0.262 e. The Labute approximate surface area is 121 Å². The van der Waals surface area contributed by atoms with Crippen molar-refractivity contribution in [2.75, 3.05) is 11.9 Å². The van der Waals surface area contributed by atoms with Crippen LogP contribution in [0.15, 0.2) is 42.7 Å². The number of fused-ring (bicyclic) bond motifs is 1. The first-order valence-corrected chi connectivity index (χ1v) is 6.46. The Morgan fingerprint density at radius 3 is 2.90 bits per heavy atom. The van der Waals surface area contributed by atoms with Crippen LogP contribution in [-0.2, 0) is 11.3 Å². The highest BCUT2D eigenvalue weighted by molar-refractivity contribution is 5.95. The molecule has 21 heavy (non-hydrogen) atoms. The highest BCUT2D eigenvalue weighted by atomic mass is 16.5. The second kappa shape index (κ2) is 5.62. The van der Waals surface area contributed by atoms with Gasteiger partial charge in [-0.3, -0.25) is 14.6 Å². The molecule has 1 aliphatic heterocycles. The summed E-state index contributed by atoms with van der Waals surface area (Å²) in [5.74, 6) is 0.287. The Morgan fingerprint density at radius 2 is 2.10 bits per heavy atom. The van der Waals surface area contributed by atoms with Crippen molar-refractivity contribution >= 4 is 17.5 Å². The molecule has 2 aromatic rings. The number of aromatic nitrogens is 1. The van der Waals surface area contributed by atoms with Crippen molar-refractivity contribution in [3.05, 3.63) is 53.9 Å². The Kier molecular flexibility index (Phi) is 3.51. The fourth-order valence-corrected chi connectivity index (χ4v) is 2.03. The van der Waals surface area contributed by atoms with E-state index in [4.69, 9.17) is 4.74 Å². The minimum Gasteiger partial charge on any atom is -0.482 e. The molecule has 1 aromatic heterocycles. The maximum Gasteiger partial charge on any atom is 0.262 e. The van der Waals surface area contributed by atoms with Crippen molar-refractivity contribution in [1.82, 2.24) is 10.3 Å². The minimum absolute atomic E-state index is 0.0329. The van der Waals surface area contributed by atoms with Crippen LogP contribution in [-0.4, -0.2) is 23.4 Å². The van der Waals surface area contributed by atoms with Gasteiger partial charge in [0.25, 0.3) is 11.8 Å². The van der Waals surface area contributed by atoms with E-state index in [2.05, 4.69) is 15.6 Å². The number of carbonyl (C=O) groups excluding carboxylic acids is 2. The molecule has 2 heterocycles. The highest BCUT2D eigenvalue weighted by Gasteiger charge is 2.16. The van der Waals surface area contributed by atoms with E-state index in [1.165, 1.54) is 0 Å². The van der Waals surface area contributed by atoms with Gasteiger partial charge >= 0.3 is 0 Å². The van der Waals surface area contributed by atoms with Crippen LogP contribution in [0.1, 0.15) is 15.9 Å². The van der Waals surface area contributed by atoms with Crippen LogP contribution in [0.3, 0.4) is 0 Å². The normalized spacial score (nSPS) is 12.9. The van der Waals surface area contributed by atoms with E-state index in [0.29, 0.717) is 23.5 Å². The molecule has 0 saturated carbocycles. The molecule has 3 rings (SSSR count). The van der Waals surface area contributed by atoms with Gasteiger partial charge in [-0.2, -0.15) is 0 Å². The summed E-state index contributed by atoms with van der Waals surface area (Å²) in [6.07, 6.45) is 3.14. The van der Waals surface area contributed by atoms with Crippen molar-refractivity contribution < 1.29 is 14.3 Å². The van der Waals surface area contributed by atoms with Crippen LogP contribution in [0.4, 0.5) is 5.69 Å². The average molecular weight is 283 g/mol. The number of anilines is 1. The minimum atomic E-state index is -0.180. The number of nitrogens with zero attached hydrogens (tertiary/aromatic N) is 1. The number of pyridine rings is 1. The van der Waals surface area contributed by atoms with Crippen LogP contribution < -0.4 is 15.4 Å². The maximum atomic E-state index is 11.9. The van der Waals surface area contributed by atoms with Gasteiger partial charge in [-0.25, -0.2) is 0 Å². The maximum absolute atomic E-state index is 11.9. The Bertz CT molecular complexity index is 686. The van der Waals surface area contributed by atoms with Gasteiger partial charge in [0.05, 0.1) is 5.69 Å². The second-order valence-electron chi connectivity index (χ2n) is 4.59. The molecule has 2 amide bonds. The fourth-order valence-electron chi connectivity index (χ4n) is 2.03. The number of benzene rings is 1. The molecule has 1 aliphatic rings. The number of amides is 2. The standard InChI is InChI=1S/C15H13N3O3/c19-14-9-21-13-2-1-10(7-12(13)18-14)8-17-15(20)11-3-5-16-6-4-11/h1-7H,8-9H2,(H,17,20)(H,18,19). The largest absolute Gasteiger partial charge is 0.482 e. The molecule has 0 bridgehead atoms. The van der Waals surface area contributed by atoms with E-state index < -0.39 is 0 Å². The second-order valence-corrected chi connectivity index (χ2v) is 4.59. The van der Waals surface area contributed by atoms with Crippen molar-refractivity contribution in [2.24, 2.45) is 0 Å². The molecule has 0 spiro atoms. The lowest BCUT2D eigenvalue weighted by Crippen LogP contribution is -2.26. The molecule has 2 N–H and O–H groups in total. The molecule has 0 unspecified atom stereocenters. The lowest BCUT2D eigenvalue weighted by atomic mass is 10.1. The molecule has 1 aromatic carbocycles. The van der Waals surface area contributed by atoms with E-state index in [1.807, 2.05) is 6.07 Å². The van der Waals surface area contributed by atoms with Gasteiger partial charge in [0.15, 0.2) is 6.61 Å². The third kappa shape index (κ3) is 3.00. The fraction of sp³-hybridized carbons (Fsp3) is 0.133. The summed E-state index contributed by atoms with van der Waals surface area (Å²) < 4.78 is 5.28. The Hall–Kier alpha value is -2.89. The summed E-state index contributed by atoms with van der Waals surface area (Å²) >= 11 is 0. The van der Waals surface area contributed by atoms with E-state index in [0.717, 1.165) is 5.56 Å². The van der Waals surface area contributed by atoms with Crippen LogP contribution in [0, 0.1) is 0 Å². The van der Waals surface area contributed by atoms with Crippen LogP contribution >= 0.6 is 0 Å². The molecule has 0 aliphatic carbocycles. The SMILES string of the molecule is O=C1COc2ccc(CNC(=O)c3ccncc3)cc2N1. The third-order valence-electron chi connectivity index (χ3n) is 3.07. The lowest BCUT2D eigenvalue weighted by molar-refractivity contribution is -0.118. The third-order valence-corrected chi connectivity index (χ3v) is 3.07. The quantitative estimate of drug-likeness (QED) is 0.891. The Balaban J connectivity index is 1.67. The summed E-state index contributed by atoms with van der Waals surface area (Å²) in [6.45, 7) is 0.398. The first-order chi connectivity index (χ1) is 10.2. The molecule has 0 fully saturated rings. The van der Waals surface area contributed by atoms with Crippen molar-refractivity contribution in [1.29, 1.82) is 0 Å². The van der Waals surface area contributed by atoms with Crippen LogP contribution in [0.25, 0.3) is 0 Å². The number of ether oxygens (including phenoxy) is 1. The summed E-state index contributed by atoms with van der Waals surface area (Å²) in [6, 6.07) is 8.72. The van der Waals surface area contributed by atoms with Gasteiger partial charge in [0, 0.05) is 24.5 Å². The van der Waals surface area contributed by atoms with E-state index >= 15 is 0 Å². The molecule has 0 saturated heterocycles. The number of hydrogen-bond donors (Lipinski definition) is 2. The summed E-state index contributed by atoms with van der Waals surface area (Å²) in [7, 11) is 0. The van der Waals surface area contributed by atoms with Gasteiger partial charge < -0.3 is 15.4 Å². The molecule has 6 heteroatoms. The topological polar surface area (TPSA) is 80.3 Å². The molecule has 6 nitrogen and oxygen atoms in total. The van der Waals surface area contributed by atoms with E-state index in [-0.39, 0.29) is 18.4 Å². The monoisotopic (exact) mass is 283 g/mol. The van der Waals surface area contributed by atoms with Gasteiger partial charge in [-0.1, -0.05) is 6.07 Å². The number of carbonyl (C=O) groups is 2. The van der Waals surface area contributed by atoms with Gasteiger partial charge in [0.2, 0.25) is 0 Å². The predicted octanol–water partition coefficient (Wildman–Crippen LogP) is 1.34. The van der Waals surface area contributed by atoms with Crippen molar-refractivity contribution in [3.63, 3.8) is 0 Å². The first-order valence-electron chi connectivity index (χ1n) is 6.46. The van der Waals surface area contributed by atoms with Crippen molar-refractivity contribution in [3.8, 4) is 5.75 Å². The zero-order valence-corrected chi connectivity index (χ0v) is 11.1. The molecule has 0 atom stereocenters. The van der Waals surface area contributed by atoms with Gasteiger partial charge in [0.1, 0.15) is 5.75 Å². The predicted molar refractivity (Wildman–Crippen MR) is 76.0 cm³/mol. The van der Waals surface area contributed by atoms with Crippen molar-refractivity contribution in [2.45, 2.75) is 6.54 Å². The number of hydrogen-bond acceptors (Lipinski definition) is 4. The van der Waals surface area contributed by atoms with Gasteiger partial charge in [-0.15, -0.1) is 0 Å². The van der Waals surface area contributed by atoms with Gasteiger partial charge in [-0.05, 0) is 29.8 Å². The average Bonchev–Trinajstić information content (AvgIpc) is 2.53. The van der Waals surface area contributed by atoms with Crippen LogP contribution in [0.2, 0.25) is 0 Å². The van der Waals surface area contributed by atoms with E-state index in [1.54, 1.807) is 36.7 Å². The molecule has 0 radical (unpaired) electrons. The number of rotatable bonds is 3. The summed E-state index contributed by atoms with van der Waals surface area (Å²) in [5, 5.41) is 5.55.